The molecule has 0 bridgehead atoms. The van der Waals surface area contributed by atoms with E-state index in [9.17, 15) is 5.11 Å². The lowest BCUT2D eigenvalue weighted by atomic mass is 9.79. The standard InChI is InChI=1S/C16H25NOS/c1-14-6-5-9-16(18,12-14)13-17-10-11-19-15-7-3-2-4-8-15/h2-4,7-8,14,17-18H,5-6,9-13H2,1H3. The molecule has 19 heavy (non-hydrogen) atoms. The van der Waals surface area contributed by atoms with Crippen molar-refractivity contribution in [1.29, 1.82) is 0 Å². The first-order valence-electron chi connectivity index (χ1n) is 7.29. The topological polar surface area (TPSA) is 32.3 Å². The average Bonchev–Trinajstić information content (AvgIpc) is 2.39. The van der Waals surface area contributed by atoms with Gasteiger partial charge in [-0.3, -0.25) is 0 Å². The molecular weight excluding hydrogens is 254 g/mol. The molecule has 1 aromatic carbocycles. The first kappa shape index (κ1) is 14.9. The predicted octanol–water partition coefficient (Wildman–Crippen LogP) is 3.31. The Morgan fingerprint density at radius 3 is 2.89 bits per heavy atom. The molecule has 2 N–H and O–H groups in total. The van der Waals surface area contributed by atoms with Gasteiger partial charge in [0.25, 0.3) is 0 Å². The summed E-state index contributed by atoms with van der Waals surface area (Å²) in [6.07, 6.45) is 4.34. The van der Waals surface area contributed by atoms with E-state index in [1.165, 1.54) is 11.3 Å². The zero-order valence-corrected chi connectivity index (χ0v) is 12.6. The summed E-state index contributed by atoms with van der Waals surface area (Å²) in [6.45, 7) is 3.94. The zero-order chi connectivity index (χ0) is 13.6. The van der Waals surface area contributed by atoms with Gasteiger partial charge in [0.15, 0.2) is 0 Å². The number of thioether (sulfide) groups is 1. The highest BCUT2D eigenvalue weighted by atomic mass is 32.2. The third kappa shape index (κ3) is 5.17. The van der Waals surface area contributed by atoms with Crippen LogP contribution in [0.1, 0.15) is 32.6 Å². The van der Waals surface area contributed by atoms with Crippen molar-refractivity contribution in [3.05, 3.63) is 30.3 Å². The predicted molar refractivity (Wildman–Crippen MR) is 82.6 cm³/mol. The number of nitrogens with one attached hydrogen (secondary N) is 1. The summed E-state index contributed by atoms with van der Waals surface area (Å²) in [5.74, 6) is 1.72. The van der Waals surface area contributed by atoms with E-state index in [1.54, 1.807) is 0 Å². The van der Waals surface area contributed by atoms with Crippen LogP contribution in [0, 0.1) is 5.92 Å². The van der Waals surface area contributed by atoms with Gasteiger partial charge in [-0.05, 0) is 30.9 Å². The molecule has 1 aromatic rings. The van der Waals surface area contributed by atoms with Crippen molar-refractivity contribution in [3.8, 4) is 0 Å². The van der Waals surface area contributed by atoms with Crippen LogP contribution in [0.25, 0.3) is 0 Å². The van der Waals surface area contributed by atoms with E-state index in [4.69, 9.17) is 0 Å². The molecular formula is C16H25NOS. The average molecular weight is 279 g/mol. The normalized spacial score (nSPS) is 27.4. The van der Waals surface area contributed by atoms with E-state index in [0.717, 1.165) is 38.1 Å². The highest BCUT2D eigenvalue weighted by molar-refractivity contribution is 7.99. The van der Waals surface area contributed by atoms with Gasteiger partial charge in [-0.2, -0.15) is 0 Å². The molecule has 3 heteroatoms. The van der Waals surface area contributed by atoms with Crippen molar-refractivity contribution in [2.75, 3.05) is 18.8 Å². The fraction of sp³-hybridized carbons (Fsp3) is 0.625. The van der Waals surface area contributed by atoms with Gasteiger partial charge in [0.1, 0.15) is 0 Å². The summed E-state index contributed by atoms with van der Waals surface area (Å²) in [6, 6.07) is 10.5. The van der Waals surface area contributed by atoms with Crippen LogP contribution < -0.4 is 5.32 Å². The van der Waals surface area contributed by atoms with Gasteiger partial charge in [-0.25, -0.2) is 0 Å². The lowest BCUT2D eigenvalue weighted by Crippen LogP contribution is -2.44. The number of rotatable bonds is 6. The molecule has 2 unspecified atom stereocenters. The maximum absolute atomic E-state index is 10.5. The number of hydrogen-bond acceptors (Lipinski definition) is 3. The Balaban J connectivity index is 1.61. The van der Waals surface area contributed by atoms with Crippen molar-refractivity contribution < 1.29 is 5.11 Å². The molecule has 1 fully saturated rings. The summed E-state index contributed by atoms with van der Waals surface area (Å²) < 4.78 is 0. The monoisotopic (exact) mass is 279 g/mol. The Labute approximate surface area is 121 Å². The van der Waals surface area contributed by atoms with Gasteiger partial charge < -0.3 is 10.4 Å². The van der Waals surface area contributed by atoms with E-state index >= 15 is 0 Å². The molecule has 1 aliphatic rings. The van der Waals surface area contributed by atoms with Gasteiger partial charge in [-0.1, -0.05) is 38.0 Å². The molecule has 0 saturated heterocycles. The van der Waals surface area contributed by atoms with Gasteiger partial charge >= 0.3 is 0 Å². The van der Waals surface area contributed by atoms with Crippen molar-refractivity contribution in [3.63, 3.8) is 0 Å². The quantitative estimate of drug-likeness (QED) is 0.619. The summed E-state index contributed by atoms with van der Waals surface area (Å²) >= 11 is 1.86. The molecule has 0 aromatic heterocycles. The maximum Gasteiger partial charge on any atom is 0.0774 e. The Morgan fingerprint density at radius 2 is 2.16 bits per heavy atom. The van der Waals surface area contributed by atoms with E-state index in [1.807, 2.05) is 17.8 Å². The third-order valence-electron chi connectivity index (χ3n) is 3.81. The Kier molecular flexibility index (Phi) is 5.74. The molecule has 0 spiro atoms. The summed E-state index contributed by atoms with van der Waals surface area (Å²) in [5, 5.41) is 13.9. The summed E-state index contributed by atoms with van der Waals surface area (Å²) in [5.41, 5.74) is -0.463. The highest BCUT2D eigenvalue weighted by Crippen LogP contribution is 2.31. The lowest BCUT2D eigenvalue weighted by Gasteiger charge is -2.35. The van der Waals surface area contributed by atoms with E-state index in [2.05, 4.69) is 36.5 Å². The van der Waals surface area contributed by atoms with Gasteiger partial charge in [0.2, 0.25) is 0 Å². The molecule has 106 valence electrons. The van der Waals surface area contributed by atoms with Crippen LogP contribution in [0.4, 0.5) is 0 Å². The molecule has 0 heterocycles. The molecule has 0 radical (unpaired) electrons. The van der Waals surface area contributed by atoms with Gasteiger partial charge in [-0.15, -0.1) is 11.8 Å². The largest absolute Gasteiger partial charge is 0.389 e. The first-order valence-corrected chi connectivity index (χ1v) is 8.27. The van der Waals surface area contributed by atoms with Crippen LogP contribution in [-0.4, -0.2) is 29.5 Å². The van der Waals surface area contributed by atoms with Crippen molar-refractivity contribution in [2.45, 2.75) is 43.1 Å². The number of benzene rings is 1. The van der Waals surface area contributed by atoms with Crippen molar-refractivity contribution in [1.82, 2.24) is 5.32 Å². The molecule has 2 atom stereocenters. The Hall–Kier alpha value is -0.510. The minimum Gasteiger partial charge on any atom is -0.389 e. The summed E-state index contributed by atoms with van der Waals surface area (Å²) in [7, 11) is 0. The van der Waals surface area contributed by atoms with Crippen LogP contribution in [0.3, 0.4) is 0 Å². The Morgan fingerprint density at radius 1 is 1.37 bits per heavy atom. The smallest absolute Gasteiger partial charge is 0.0774 e. The Bertz CT molecular complexity index is 370. The van der Waals surface area contributed by atoms with E-state index < -0.39 is 5.60 Å². The van der Waals surface area contributed by atoms with Crippen LogP contribution in [0.15, 0.2) is 35.2 Å². The second-order valence-electron chi connectivity index (χ2n) is 5.76. The fourth-order valence-corrected chi connectivity index (χ4v) is 3.70. The second kappa shape index (κ2) is 7.32. The molecule has 2 nitrogen and oxygen atoms in total. The molecule has 1 saturated carbocycles. The fourth-order valence-electron chi connectivity index (χ4n) is 2.87. The van der Waals surface area contributed by atoms with E-state index in [-0.39, 0.29) is 0 Å². The van der Waals surface area contributed by atoms with Gasteiger partial charge in [0, 0.05) is 23.7 Å². The maximum atomic E-state index is 10.5. The number of aliphatic hydroxyl groups is 1. The lowest BCUT2D eigenvalue weighted by molar-refractivity contribution is -0.0112. The first-order chi connectivity index (χ1) is 9.18. The molecule has 2 rings (SSSR count). The zero-order valence-electron chi connectivity index (χ0n) is 11.8. The third-order valence-corrected chi connectivity index (χ3v) is 4.83. The minimum absolute atomic E-state index is 0.463. The minimum atomic E-state index is -0.463. The van der Waals surface area contributed by atoms with E-state index in [0.29, 0.717) is 5.92 Å². The van der Waals surface area contributed by atoms with Crippen molar-refractivity contribution in [2.24, 2.45) is 5.92 Å². The van der Waals surface area contributed by atoms with Crippen LogP contribution in [0.5, 0.6) is 0 Å². The second-order valence-corrected chi connectivity index (χ2v) is 6.93. The van der Waals surface area contributed by atoms with Crippen LogP contribution >= 0.6 is 11.8 Å². The molecule has 0 aliphatic heterocycles. The van der Waals surface area contributed by atoms with Crippen molar-refractivity contribution >= 4 is 11.8 Å². The highest BCUT2D eigenvalue weighted by Gasteiger charge is 2.31. The summed E-state index contributed by atoms with van der Waals surface area (Å²) in [4.78, 5) is 1.31. The molecule has 0 amide bonds. The van der Waals surface area contributed by atoms with Crippen LogP contribution in [0.2, 0.25) is 0 Å². The molecule has 1 aliphatic carbocycles. The SMILES string of the molecule is CC1CCCC(O)(CNCCSc2ccccc2)C1. The number of hydrogen-bond donors (Lipinski definition) is 2. The van der Waals surface area contributed by atoms with Crippen LogP contribution in [-0.2, 0) is 0 Å². The van der Waals surface area contributed by atoms with Gasteiger partial charge in [0.05, 0.1) is 5.60 Å².